The Bertz CT molecular complexity index is 305. The summed E-state index contributed by atoms with van der Waals surface area (Å²) < 4.78 is 11.2. The SMILES string of the molecule is CNC(C)c1ncc(C2CCCOC2)o1. The molecule has 2 atom stereocenters. The third kappa shape index (κ3) is 2.38. The second-order valence-electron chi connectivity index (χ2n) is 4.03. The van der Waals surface area contributed by atoms with Crippen LogP contribution in [0.25, 0.3) is 0 Å². The summed E-state index contributed by atoms with van der Waals surface area (Å²) in [6.45, 7) is 3.68. The van der Waals surface area contributed by atoms with Gasteiger partial charge in [-0.25, -0.2) is 4.98 Å². The first-order valence-corrected chi connectivity index (χ1v) is 5.52. The van der Waals surface area contributed by atoms with E-state index < -0.39 is 0 Å². The van der Waals surface area contributed by atoms with Crippen LogP contribution in [0.5, 0.6) is 0 Å². The average molecular weight is 210 g/mol. The smallest absolute Gasteiger partial charge is 0.211 e. The molecule has 0 saturated carbocycles. The number of nitrogens with one attached hydrogen (secondary N) is 1. The van der Waals surface area contributed by atoms with E-state index in [1.807, 2.05) is 20.2 Å². The van der Waals surface area contributed by atoms with Crippen LogP contribution < -0.4 is 5.32 Å². The highest BCUT2D eigenvalue weighted by atomic mass is 16.5. The molecular formula is C11H18N2O2. The molecule has 0 bridgehead atoms. The van der Waals surface area contributed by atoms with E-state index in [9.17, 15) is 0 Å². The number of oxazole rings is 1. The Kier molecular flexibility index (Phi) is 3.38. The Labute approximate surface area is 90.0 Å². The molecular weight excluding hydrogens is 192 g/mol. The summed E-state index contributed by atoms with van der Waals surface area (Å²) in [5, 5.41) is 3.11. The second kappa shape index (κ2) is 4.77. The first-order valence-electron chi connectivity index (χ1n) is 5.52. The van der Waals surface area contributed by atoms with Gasteiger partial charge in [-0.3, -0.25) is 0 Å². The van der Waals surface area contributed by atoms with Crippen LogP contribution in [0.3, 0.4) is 0 Å². The van der Waals surface area contributed by atoms with Crippen molar-refractivity contribution in [2.75, 3.05) is 20.3 Å². The minimum atomic E-state index is 0.170. The Hall–Kier alpha value is -0.870. The number of hydrogen-bond acceptors (Lipinski definition) is 4. The average Bonchev–Trinajstić information content (AvgIpc) is 2.78. The standard InChI is InChI=1S/C11H18N2O2/c1-8(12-2)11-13-6-10(15-11)9-4-3-5-14-7-9/h6,8-9,12H,3-5,7H2,1-2H3. The lowest BCUT2D eigenvalue weighted by Crippen LogP contribution is -2.15. The third-order valence-corrected chi connectivity index (χ3v) is 2.91. The lowest BCUT2D eigenvalue weighted by atomic mass is 10.0. The van der Waals surface area contributed by atoms with Gasteiger partial charge in [0.15, 0.2) is 0 Å². The predicted octanol–water partition coefficient (Wildman–Crippen LogP) is 1.85. The van der Waals surface area contributed by atoms with Crippen molar-refractivity contribution in [1.82, 2.24) is 10.3 Å². The molecule has 1 N–H and O–H groups in total. The van der Waals surface area contributed by atoms with Gasteiger partial charge in [-0.05, 0) is 26.8 Å². The van der Waals surface area contributed by atoms with E-state index in [4.69, 9.17) is 9.15 Å². The highest BCUT2D eigenvalue weighted by Crippen LogP contribution is 2.26. The van der Waals surface area contributed by atoms with Crippen LogP contribution in [-0.2, 0) is 4.74 Å². The van der Waals surface area contributed by atoms with Crippen LogP contribution in [0.15, 0.2) is 10.6 Å². The molecule has 0 aromatic carbocycles. The van der Waals surface area contributed by atoms with Gasteiger partial charge >= 0.3 is 0 Å². The Balaban J connectivity index is 2.05. The van der Waals surface area contributed by atoms with E-state index in [0.29, 0.717) is 5.92 Å². The molecule has 4 heteroatoms. The molecule has 0 radical (unpaired) electrons. The molecule has 4 nitrogen and oxygen atoms in total. The van der Waals surface area contributed by atoms with Gasteiger partial charge in [-0.2, -0.15) is 0 Å². The zero-order valence-corrected chi connectivity index (χ0v) is 9.32. The predicted molar refractivity (Wildman–Crippen MR) is 56.8 cm³/mol. The summed E-state index contributed by atoms with van der Waals surface area (Å²) in [7, 11) is 1.90. The van der Waals surface area contributed by atoms with Crippen LogP contribution in [-0.4, -0.2) is 25.2 Å². The quantitative estimate of drug-likeness (QED) is 0.827. The van der Waals surface area contributed by atoms with Gasteiger partial charge < -0.3 is 14.5 Å². The molecule has 2 unspecified atom stereocenters. The maximum Gasteiger partial charge on any atom is 0.211 e. The fourth-order valence-electron chi connectivity index (χ4n) is 1.78. The van der Waals surface area contributed by atoms with Gasteiger partial charge in [0.2, 0.25) is 5.89 Å². The van der Waals surface area contributed by atoms with Gasteiger partial charge in [0.1, 0.15) is 5.76 Å². The van der Waals surface area contributed by atoms with E-state index in [-0.39, 0.29) is 6.04 Å². The van der Waals surface area contributed by atoms with Crippen LogP contribution in [0, 0.1) is 0 Å². The molecule has 84 valence electrons. The maximum absolute atomic E-state index is 5.72. The molecule has 1 fully saturated rings. The topological polar surface area (TPSA) is 47.3 Å². The summed E-state index contributed by atoms with van der Waals surface area (Å²) in [5.74, 6) is 2.12. The Morgan fingerprint density at radius 3 is 3.13 bits per heavy atom. The summed E-state index contributed by atoms with van der Waals surface area (Å²) in [6.07, 6.45) is 4.09. The fourth-order valence-corrected chi connectivity index (χ4v) is 1.78. The molecule has 1 aromatic heterocycles. The first kappa shape index (κ1) is 10.6. The first-order chi connectivity index (χ1) is 7.31. The molecule has 1 saturated heterocycles. The highest BCUT2D eigenvalue weighted by Gasteiger charge is 2.21. The Morgan fingerprint density at radius 2 is 2.47 bits per heavy atom. The second-order valence-corrected chi connectivity index (χ2v) is 4.03. The van der Waals surface area contributed by atoms with Crippen LogP contribution in [0.1, 0.15) is 43.4 Å². The van der Waals surface area contributed by atoms with Crippen molar-refractivity contribution in [1.29, 1.82) is 0 Å². The van der Waals surface area contributed by atoms with E-state index in [1.165, 1.54) is 0 Å². The van der Waals surface area contributed by atoms with Crippen molar-refractivity contribution in [3.8, 4) is 0 Å². The van der Waals surface area contributed by atoms with Gasteiger partial charge in [0.05, 0.1) is 18.8 Å². The van der Waals surface area contributed by atoms with Crippen LogP contribution in [0.2, 0.25) is 0 Å². The monoisotopic (exact) mass is 210 g/mol. The minimum absolute atomic E-state index is 0.170. The van der Waals surface area contributed by atoms with E-state index in [0.717, 1.165) is 37.7 Å². The number of hydrogen-bond donors (Lipinski definition) is 1. The number of aromatic nitrogens is 1. The molecule has 1 aromatic rings. The summed E-state index contributed by atoms with van der Waals surface area (Å²) >= 11 is 0. The highest BCUT2D eigenvalue weighted by molar-refractivity contribution is 5.04. The molecule has 1 aliphatic heterocycles. The molecule has 0 aliphatic carbocycles. The van der Waals surface area contributed by atoms with E-state index in [1.54, 1.807) is 0 Å². The van der Waals surface area contributed by atoms with Crippen molar-refractivity contribution in [2.24, 2.45) is 0 Å². The van der Waals surface area contributed by atoms with Crippen molar-refractivity contribution in [2.45, 2.75) is 31.7 Å². The number of ether oxygens (including phenoxy) is 1. The number of nitrogens with zero attached hydrogens (tertiary/aromatic N) is 1. The summed E-state index contributed by atoms with van der Waals surface area (Å²) in [6, 6.07) is 0.170. The largest absolute Gasteiger partial charge is 0.444 e. The van der Waals surface area contributed by atoms with Crippen LogP contribution in [0.4, 0.5) is 0 Å². The zero-order valence-electron chi connectivity index (χ0n) is 9.32. The van der Waals surface area contributed by atoms with Gasteiger partial charge in [0, 0.05) is 12.5 Å². The van der Waals surface area contributed by atoms with Crippen molar-refractivity contribution >= 4 is 0 Å². The Morgan fingerprint density at radius 1 is 1.60 bits per heavy atom. The molecule has 2 heterocycles. The minimum Gasteiger partial charge on any atom is -0.444 e. The lowest BCUT2D eigenvalue weighted by Gasteiger charge is -2.19. The zero-order chi connectivity index (χ0) is 10.7. The molecule has 0 amide bonds. The van der Waals surface area contributed by atoms with E-state index in [2.05, 4.69) is 10.3 Å². The third-order valence-electron chi connectivity index (χ3n) is 2.91. The van der Waals surface area contributed by atoms with Crippen molar-refractivity contribution in [3.63, 3.8) is 0 Å². The van der Waals surface area contributed by atoms with Gasteiger partial charge in [0.25, 0.3) is 0 Å². The molecule has 15 heavy (non-hydrogen) atoms. The number of rotatable bonds is 3. The summed E-state index contributed by atoms with van der Waals surface area (Å²) in [4.78, 5) is 4.28. The molecule has 1 aliphatic rings. The molecule has 0 spiro atoms. The van der Waals surface area contributed by atoms with Gasteiger partial charge in [-0.1, -0.05) is 0 Å². The van der Waals surface area contributed by atoms with Crippen molar-refractivity contribution in [3.05, 3.63) is 17.8 Å². The van der Waals surface area contributed by atoms with Crippen molar-refractivity contribution < 1.29 is 9.15 Å². The van der Waals surface area contributed by atoms with Gasteiger partial charge in [-0.15, -0.1) is 0 Å². The van der Waals surface area contributed by atoms with E-state index >= 15 is 0 Å². The molecule has 2 rings (SSSR count). The lowest BCUT2D eigenvalue weighted by molar-refractivity contribution is 0.0736. The summed E-state index contributed by atoms with van der Waals surface area (Å²) in [5.41, 5.74) is 0. The normalized spacial score (nSPS) is 24.0. The maximum atomic E-state index is 5.72. The fraction of sp³-hybridized carbons (Fsp3) is 0.727. The van der Waals surface area contributed by atoms with Crippen LogP contribution >= 0.6 is 0 Å².